The van der Waals surface area contributed by atoms with Crippen molar-refractivity contribution >= 4 is 12.1 Å². The number of hydrazone groups is 1. The van der Waals surface area contributed by atoms with Crippen LogP contribution >= 0.6 is 0 Å². The van der Waals surface area contributed by atoms with Gasteiger partial charge < -0.3 is 18.9 Å². The molecule has 9 nitrogen and oxygen atoms in total. The molecule has 162 valence electrons. The standard InChI is InChI=1S/C22H24N4O5/c1-28-18-12-15(13-19(29-2)21(18)31-4)14-23-25-22(27)20(30-3)16-6-8-17(9-7-16)26-11-5-10-24-26/h5-14,20H,1-4H3,(H,25,27)/b23-14+. The fraction of sp³-hybridized carbons (Fsp3) is 0.227. The molecule has 1 aromatic heterocycles. The summed E-state index contributed by atoms with van der Waals surface area (Å²) in [6.07, 6.45) is 4.21. The lowest BCUT2D eigenvalue weighted by atomic mass is 10.1. The minimum Gasteiger partial charge on any atom is -0.493 e. The smallest absolute Gasteiger partial charge is 0.273 e. The molecule has 9 heteroatoms. The van der Waals surface area contributed by atoms with Gasteiger partial charge in [-0.2, -0.15) is 10.2 Å². The summed E-state index contributed by atoms with van der Waals surface area (Å²) in [5, 5.41) is 8.21. The van der Waals surface area contributed by atoms with Crippen molar-refractivity contribution < 1.29 is 23.7 Å². The minimum atomic E-state index is -0.816. The number of hydrogen-bond acceptors (Lipinski definition) is 7. The van der Waals surface area contributed by atoms with E-state index in [9.17, 15) is 4.79 Å². The van der Waals surface area contributed by atoms with E-state index in [1.807, 2.05) is 36.5 Å². The Hall–Kier alpha value is -3.85. The number of nitrogens with zero attached hydrogens (tertiary/aromatic N) is 3. The van der Waals surface area contributed by atoms with Crippen molar-refractivity contribution in [3.8, 4) is 22.9 Å². The van der Waals surface area contributed by atoms with Crippen LogP contribution < -0.4 is 19.6 Å². The lowest BCUT2D eigenvalue weighted by Gasteiger charge is -2.14. The molecule has 3 rings (SSSR count). The molecule has 0 radical (unpaired) electrons. The van der Waals surface area contributed by atoms with E-state index in [2.05, 4.69) is 15.6 Å². The Morgan fingerprint density at radius 2 is 1.74 bits per heavy atom. The molecule has 0 aliphatic heterocycles. The number of nitrogens with one attached hydrogen (secondary N) is 1. The zero-order valence-electron chi connectivity index (χ0n) is 17.7. The van der Waals surface area contributed by atoms with Crippen LogP contribution in [-0.4, -0.2) is 50.3 Å². The van der Waals surface area contributed by atoms with Gasteiger partial charge in [0.1, 0.15) is 0 Å². The Balaban J connectivity index is 1.71. The van der Waals surface area contributed by atoms with Crippen molar-refractivity contribution in [2.24, 2.45) is 5.10 Å². The fourth-order valence-corrected chi connectivity index (χ4v) is 3.02. The Morgan fingerprint density at radius 3 is 2.26 bits per heavy atom. The van der Waals surface area contributed by atoms with Gasteiger partial charge in [0.25, 0.3) is 5.91 Å². The number of carbonyl (C=O) groups is 1. The largest absolute Gasteiger partial charge is 0.493 e. The van der Waals surface area contributed by atoms with Gasteiger partial charge in [-0.15, -0.1) is 0 Å². The normalized spacial score (nSPS) is 11.9. The SMILES string of the molecule is COc1cc(/C=N/NC(=O)C(OC)c2ccc(-n3cccn3)cc2)cc(OC)c1OC. The van der Waals surface area contributed by atoms with Gasteiger partial charge in [-0.1, -0.05) is 12.1 Å². The Labute approximate surface area is 180 Å². The monoisotopic (exact) mass is 424 g/mol. The molecule has 0 aliphatic rings. The number of methoxy groups -OCH3 is 4. The third-order valence-electron chi connectivity index (χ3n) is 4.51. The lowest BCUT2D eigenvalue weighted by Crippen LogP contribution is -2.26. The van der Waals surface area contributed by atoms with Gasteiger partial charge in [0.2, 0.25) is 5.75 Å². The molecule has 0 fully saturated rings. The molecule has 3 aromatic rings. The van der Waals surface area contributed by atoms with Gasteiger partial charge in [0.05, 0.1) is 33.2 Å². The summed E-state index contributed by atoms with van der Waals surface area (Å²) in [7, 11) is 6.05. The van der Waals surface area contributed by atoms with E-state index in [1.54, 1.807) is 23.0 Å². The zero-order valence-corrected chi connectivity index (χ0v) is 17.7. The summed E-state index contributed by atoms with van der Waals surface area (Å²) in [6, 6.07) is 12.6. The van der Waals surface area contributed by atoms with Crippen LogP contribution in [0.3, 0.4) is 0 Å². The van der Waals surface area contributed by atoms with Crippen molar-refractivity contribution in [3.05, 3.63) is 66.0 Å². The summed E-state index contributed by atoms with van der Waals surface area (Å²) in [5.41, 5.74) is 4.73. The highest BCUT2D eigenvalue weighted by Crippen LogP contribution is 2.37. The molecule has 1 unspecified atom stereocenters. The first-order valence-corrected chi connectivity index (χ1v) is 9.37. The van der Waals surface area contributed by atoms with Gasteiger partial charge in [0.15, 0.2) is 17.6 Å². The lowest BCUT2D eigenvalue weighted by molar-refractivity contribution is -0.131. The van der Waals surface area contributed by atoms with Crippen molar-refractivity contribution in [2.75, 3.05) is 28.4 Å². The molecular formula is C22H24N4O5. The Kier molecular flexibility index (Phi) is 7.23. The van der Waals surface area contributed by atoms with Crippen molar-refractivity contribution in [1.29, 1.82) is 0 Å². The summed E-state index contributed by atoms with van der Waals surface area (Å²) in [4.78, 5) is 12.6. The maximum absolute atomic E-state index is 12.6. The second kappa shape index (κ2) is 10.3. The molecule has 0 bridgehead atoms. The highest BCUT2D eigenvalue weighted by Gasteiger charge is 2.20. The molecule has 2 aromatic carbocycles. The molecule has 0 spiro atoms. The van der Waals surface area contributed by atoms with Crippen LogP contribution in [0.4, 0.5) is 0 Å². The van der Waals surface area contributed by atoms with Gasteiger partial charge >= 0.3 is 0 Å². The van der Waals surface area contributed by atoms with Crippen LogP contribution in [0.1, 0.15) is 17.2 Å². The Bertz CT molecular complexity index is 1010. The number of aromatic nitrogens is 2. The summed E-state index contributed by atoms with van der Waals surface area (Å²) < 4.78 is 23.0. The Morgan fingerprint density at radius 1 is 1.06 bits per heavy atom. The van der Waals surface area contributed by atoms with Gasteiger partial charge in [-0.05, 0) is 35.9 Å². The third-order valence-corrected chi connectivity index (χ3v) is 4.51. The second-order valence-corrected chi connectivity index (χ2v) is 6.35. The first-order valence-electron chi connectivity index (χ1n) is 9.37. The van der Waals surface area contributed by atoms with E-state index < -0.39 is 12.0 Å². The maximum atomic E-state index is 12.6. The number of hydrogen-bond donors (Lipinski definition) is 1. The highest BCUT2D eigenvalue weighted by atomic mass is 16.5. The molecule has 1 atom stereocenters. The fourth-order valence-electron chi connectivity index (χ4n) is 3.02. The van der Waals surface area contributed by atoms with E-state index >= 15 is 0 Å². The average Bonchev–Trinajstić information content (AvgIpc) is 3.34. The van der Waals surface area contributed by atoms with E-state index in [0.717, 1.165) is 5.69 Å². The summed E-state index contributed by atoms with van der Waals surface area (Å²) in [5.74, 6) is 1.05. The molecule has 1 N–H and O–H groups in total. The molecule has 31 heavy (non-hydrogen) atoms. The summed E-state index contributed by atoms with van der Waals surface area (Å²) >= 11 is 0. The van der Waals surface area contributed by atoms with Gasteiger partial charge in [-0.3, -0.25) is 4.79 Å². The minimum absolute atomic E-state index is 0.405. The molecule has 1 heterocycles. The van der Waals surface area contributed by atoms with Crippen LogP contribution in [0.2, 0.25) is 0 Å². The number of ether oxygens (including phenoxy) is 4. The van der Waals surface area contributed by atoms with E-state index in [-0.39, 0.29) is 0 Å². The topological polar surface area (TPSA) is 96.2 Å². The molecule has 0 saturated carbocycles. The van der Waals surface area contributed by atoms with Crippen LogP contribution in [0.25, 0.3) is 5.69 Å². The predicted molar refractivity (Wildman–Crippen MR) is 115 cm³/mol. The number of amides is 1. The quantitative estimate of drug-likeness (QED) is 0.419. The van der Waals surface area contributed by atoms with Crippen molar-refractivity contribution in [1.82, 2.24) is 15.2 Å². The van der Waals surface area contributed by atoms with Crippen molar-refractivity contribution in [2.45, 2.75) is 6.10 Å². The molecule has 0 aliphatic carbocycles. The average molecular weight is 424 g/mol. The second-order valence-electron chi connectivity index (χ2n) is 6.35. The van der Waals surface area contributed by atoms with Gasteiger partial charge in [-0.25, -0.2) is 10.1 Å². The number of rotatable bonds is 9. The van der Waals surface area contributed by atoms with Crippen LogP contribution in [-0.2, 0) is 9.53 Å². The molecule has 1 amide bonds. The van der Waals surface area contributed by atoms with E-state index in [4.69, 9.17) is 18.9 Å². The first kappa shape index (κ1) is 21.8. The summed E-state index contributed by atoms with van der Waals surface area (Å²) in [6.45, 7) is 0. The van der Waals surface area contributed by atoms with Crippen LogP contribution in [0.15, 0.2) is 60.0 Å². The zero-order chi connectivity index (χ0) is 22.2. The van der Waals surface area contributed by atoms with E-state index in [0.29, 0.717) is 28.4 Å². The highest BCUT2D eigenvalue weighted by molar-refractivity contribution is 5.86. The first-order chi connectivity index (χ1) is 15.1. The van der Waals surface area contributed by atoms with Crippen LogP contribution in [0, 0.1) is 0 Å². The van der Waals surface area contributed by atoms with E-state index in [1.165, 1.54) is 34.7 Å². The molecule has 0 saturated heterocycles. The van der Waals surface area contributed by atoms with Gasteiger partial charge in [0, 0.05) is 25.1 Å². The molecular weight excluding hydrogens is 400 g/mol. The van der Waals surface area contributed by atoms with Crippen molar-refractivity contribution in [3.63, 3.8) is 0 Å². The third kappa shape index (κ3) is 5.01. The predicted octanol–water partition coefficient (Wildman–Crippen LogP) is 2.74. The number of carbonyl (C=O) groups excluding carboxylic acids is 1. The maximum Gasteiger partial charge on any atom is 0.273 e. The van der Waals surface area contributed by atoms with Crippen LogP contribution in [0.5, 0.6) is 17.2 Å². The number of benzene rings is 2.